The van der Waals surface area contributed by atoms with E-state index in [9.17, 15) is 17.6 Å². The zero-order valence-corrected chi connectivity index (χ0v) is 11.4. The molecule has 20 heavy (non-hydrogen) atoms. The maximum absolute atomic E-state index is 13.8. The van der Waals surface area contributed by atoms with Gasteiger partial charge in [-0.05, 0) is 24.6 Å². The molecule has 1 N–H and O–H groups in total. The van der Waals surface area contributed by atoms with Crippen molar-refractivity contribution in [3.63, 3.8) is 0 Å². The van der Waals surface area contributed by atoms with E-state index in [-0.39, 0.29) is 25.3 Å². The summed E-state index contributed by atoms with van der Waals surface area (Å²) in [5.74, 6) is -2.26. The number of aromatic carboxylic acids is 1. The molecule has 1 fully saturated rings. The summed E-state index contributed by atoms with van der Waals surface area (Å²) in [6.45, 7) is 1.03. The molecule has 0 spiro atoms. The number of rotatable bonds is 3. The minimum Gasteiger partial charge on any atom is -0.478 e. The smallest absolute Gasteiger partial charge is 0.335 e. The molecule has 1 heterocycles. The van der Waals surface area contributed by atoms with E-state index in [1.807, 2.05) is 0 Å². The van der Waals surface area contributed by atoms with Crippen LogP contribution in [0.25, 0.3) is 0 Å². The van der Waals surface area contributed by atoms with Crippen molar-refractivity contribution in [2.45, 2.75) is 11.3 Å². The third-order valence-corrected chi connectivity index (χ3v) is 4.89. The summed E-state index contributed by atoms with van der Waals surface area (Å²) >= 11 is 0. The lowest BCUT2D eigenvalue weighted by Gasteiger charge is -2.19. The van der Waals surface area contributed by atoms with Crippen LogP contribution >= 0.6 is 0 Å². The van der Waals surface area contributed by atoms with Gasteiger partial charge >= 0.3 is 5.97 Å². The van der Waals surface area contributed by atoms with Crippen molar-refractivity contribution in [3.8, 4) is 0 Å². The normalized spacial score (nSPS) is 17.6. The summed E-state index contributed by atoms with van der Waals surface area (Å²) < 4.78 is 44.8. The van der Waals surface area contributed by atoms with E-state index in [0.717, 1.165) is 22.5 Å². The second-order valence-electron chi connectivity index (χ2n) is 4.32. The molecule has 1 aromatic carbocycles. The van der Waals surface area contributed by atoms with Crippen molar-refractivity contribution in [1.82, 2.24) is 4.31 Å². The van der Waals surface area contributed by atoms with Crippen molar-refractivity contribution in [1.29, 1.82) is 0 Å². The summed E-state index contributed by atoms with van der Waals surface area (Å²) in [5.41, 5.74) is -0.268. The maximum Gasteiger partial charge on any atom is 0.335 e. The first-order chi connectivity index (χ1) is 9.43. The van der Waals surface area contributed by atoms with E-state index in [2.05, 4.69) is 0 Å². The Morgan fingerprint density at radius 1 is 1.30 bits per heavy atom. The Bertz CT molecular complexity index is 608. The Kier molecular flexibility index (Phi) is 4.36. The first kappa shape index (κ1) is 14.9. The largest absolute Gasteiger partial charge is 0.478 e. The third-order valence-electron chi connectivity index (χ3n) is 2.98. The summed E-state index contributed by atoms with van der Waals surface area (Å²) in [4.78, 5) is 10.3. The fourth-order valence-corrected chi connectivity index (χ4v) is 3.49. The molecule has 0 bridgehead atoms. The van der Waals surface area contributed by atoms with Crippen LogP contribution < -0.4 is 0 Å². The molecule has 0 radical (unpaired) electrons. The average Bonchev–Trinajstić information content (AvgIpc) is 2.68. The summed E-state index contributed by atoms with van der Waals surface area (Å²) in [6.07, 6.45) is 0.513. The molecule has 8 heteroatoms. The van der Waals surface area contributed by atoms with E-state index in [1.54, 1.807) is 0 Å². The third kappa shape index (κ3) is 2.97. The number of nitrogens with zero attached hydrogens (tertiary/aromatic N) is 1. The molecule has 1 saturated heterocycles. The van der Waals surface area contributed by atoms with Crippen molar-refractivity contribution in [2.24, 2.45) is 0 Å². The molecule has 0 atom stereocenters. The van der Waals surface area contributed by atoms with E-state index in [4.69, 9.17) is 9.84 Å². The number of ether oxygens (including phenoxy) is 1. The highest BCUT2D eigenvalue weighted by molar-refractivity contribution is 7.89. The topological polar surface area (TPSA) is 83.9 Å². The standard InChI is InChI=1S/C12H14FNO5S/c13-10-3-2-9(12(15)16)8-11(10)20(17,18)14-4-1-6-19-7-5-14/h2-3,8H,1,4-7H2,(H,15,16). The lowest BCUT2D eigenvalue weighted by Crippen LogP contribution is -2.33. The summed E-state index contributed by atoms with van der Waals surface area (Å²) in [6, 6.07) is 2.73. The van der Waals surface area contributed by atoms with Gasteiger partial charge in [-0.2, -0.15) is 4.31 Å². The second kappa shape index (κ2) is 5.86. The highest BCUT2D eigenvalue weighted by Crippen LogP contribution is 2.22. The predicted octanol–water partition coefficient (Wildman–Crippen LogP) is 0.935. The number of benzene rings is 1. The zero-order chi connectivity index (χ0) is 14.8. The number of carboxylic acids is 1. The number of carboxylic acid groups (broad SMARTS) is 1. The number of hydrogen-bond acceptors (Lipinski definition) is 4. The van der Waals surface area contributed by atoms with E-state index >= 15 is 0 Å². The van der Waals surface area contributed by atoms with Crippen LogP contribution in [0.4, 0.5) is 4.39 Å². The van der Waals surface area contributed by atoms with Gasteiger partial charge in [0.15, 0.2) is 0 Å². The van der Waals surface area contributed by atoms with Crippen LogP contribution in [0.1, 0.15) is 16.8 Å². The number of halogens is 1. The van der Waals surface area contributed by atoms with Gasteiger partial charge in [-0.3, -0.25) is 0 Å². The van der Waals surface area contributed by atoms with Gasteiger partial charge in [0.25, 0.3) is 0 Å². The molecular formula is C12H14FNO5S. The van der Waals surface area contributed by atoms with E-state index in [0.29, 0.717) is 13.0 Å². The SMILES string of the molecule is O=C(O)c1ccc(F)c(S(=O)(=O)N2CCCOCC2)c1. The van der Waals surface area contributed by atoms with Gasteiger partial charge in [-0.15, -0.1) is 0 Å². The molecule has 0 saturated carbocycles. The van der Waals surface area contributed by atoms with Gasteiger partial charge in [-0.1, -0.05) is 0 Å². The first-order valence-electron chi connectivity index (χ1n) is 6.03. The fourth-order valence-electron chi connectivity index (χ4n) is 1.94. The molecule has 0 aliphatic carbocycles. The minimum atomic E-state index is -4.06. The number of carbonyl (C=O) groups is 1. The molecule has 0 aromatic heterocycles. The van der Waals surface area contributed by atoms with Crippen molar-refractivity contribution < 1.29 is 27.4 Å². The molecule has 1 aromatic rings. The average molecular weight is 303 g/mol. The van der Waals surface area contributed by atoms with Gasteiger partial charge in [0.2, 0.25) is 10.0 Å². The summed E-state index contributed by atoms with van der Waals surface area (Å²) in [7, 11) is -4.06. The Morgan fingerprint density at radius 2 is 2.05 bits per heavy atom. The molecule has 0 amide bonds. The van der Waals surface area contributed by atoms with E-state index in [1.165, 1.54) is 0 Å². The molecule has 0 unspecified atom stereocenters. The van der Waals surface area contributed by atoms with Crippen LogP contribution in [-0.4, -0.2) is 50.1 Å². The summed E-state index contributed by atoms with van der Waals surface area (Å²) in [5, 5.41) is 8.87. The van der Waals surface area contributed by atoms with Gasteiger partial charge in [0.1, 0.15) is 10.7 Å². The van der Waals surface area contributed by atoms with E-state index < -0.39 is 26.7 Å². The van der Waals surface area contributed by atoms with Gasteiger partial charge < -0.3 is 9.84 Å². The van der Waals surface area contributed by atoms with Crippen LogP contribution in [0.5, 0.6) is 0 Å². The quantitative estimate of drug-likeness (QED) is 0.898. The molecule has 1 aliphatic rings. The number of hydrogen-bond donors (Lipinski definition) is 1. The van der Waals surface area contributed by atoms with Crippen molar-refractivity contribution in [3.05, 3.63) is 29.6 Å². The lowest BCUT2D eigenvalue weighted by atomic mass is 10.2. The highest BCUT2D eigenvalue weighted by Gasteiger charge is 2.29. The predicted molar refractivity (Wildman–Crippen MR) is 67.6 cm³/mol. The Hall–Kier alpha value is -1.51. The monoisotopic (exact) mass is 303 g/mol. The molecular weight excluding hydrogens is 289 g/mol. The maximum atomic E-state index is 13.8. The first-order valence-corrected chi connectivity index (χ1v) is 7.47. The molecule has 1 aliphatic heterocycles. The van der Waals surface area contributed by atoms with Crippen LogP contribution in [0.2, 0.25) is 0 Å². The Morgan fingerprint density at radius 3 is 2.75 bits per heavy atom. The van der Waals surface area contributed by atoms with Crippen molar-refractivity contribution >= 4 is 16.0 Å². The van der Waals surface area contributed by atoms with Crippen LogP contribution in [0.15, 0.2) is 23.1 Å². The molecule has 2 rings (SSSR count). The van der Waals surface area contributed by atoms with Crippen LogP contribution in [-0.2, 0) is 14.8 Å². The van der Waals surface area contributed by atoms with Crippen molar-refractivity contribution in [2.75, 3.05) is 26.3 Å². The minimum absolute atomic E-state index is 0.124. The Balaban J connectivity index is 2.42. The van der Waals surface area contributed by atoms with Crippen LogP contribution in [0.3, 0.4) is 0 Å². The lowest BCUT2D eigenvalue weighted by molar-refractivity contribution is 0.0696. The number of sulfonamides is 1. The van der Waals surface area contributed by atoms with Gasteiger partial charge in [0.05, 0.1) is 12.2 Å². The van der Waals surface area contributed by atoms with Crippen LogP contribution in [0, 0.1) is 5.82 Å². The van der Waals surface area contributed by atoms with Gasteiger partial charge in [-0.25, -0.2) is 17.6 Å². The Labute approximate surface area is 115 Å². The zero-order valence-electron chi connectivity index (χ0n) is 10.6. The van der Waals surface area contributed by atoms with Gasteiger partial charge in [0, 0.05) is 19.7 Å². The molecule has 110 valence electrons. The fraction of sp³-hybridized carbons (Fsp3) is 0.417. The molecule has 6 nitrogen and oxygen atoms in total. The second-order valence-corrected chi connectivity index (χ2v) is 6.23. The highest BCUT2D eigenvalue weighted by atomic mass is 32.2.